The number of halogens is 6. The van der Waals surface area contributed by atoms with Gasteiger partial charge in [0.1, 0.15) is 5.69 Å². The Morgan fingerprint density at radius 1 is 1.33 bits per heavy atom. The maximum atomic E-state index is 14.1. The molecule has 0 aliphatic carbocycles. The molecule has 3 rings (SSSR count). The van der Waals surface area contributed by atoms with Gasteiger partial charge in [-0.2, -0.15) is 18.3 Å². The zero-order valence-electron chi connectivity index (χ0n) is 15.6. The third-order valence-corrected chi connectivity index (χ3v) is 4.75. The molecule has 5 nitrogen and oxygen atoms in total. The quantitative estimate of drug-likeness (QED) is 0.512. The molecule has 1 atom stereocenters. The molecule has 11 heteroatoms. The largest absolute Gasteiger partial charge is 0.433 e. The van der Waals surface area contributed by atoms with Crippen LogP contribution >= 0.6 is 0 Å². The molecule has 1 amide bonds. The average Bonchev–Trinajstić information content (AvgIpc) is 3.22. The molecule has 0 spiro atoms. The van der Waals surface area contributed by atoms with Crippen LogP contribution in [0.5, 0.6) is 0 Å². The van der Waals surface area contributed by atoms with Crippen LogP contribution in [0.25, 0.3) is 11.3 Å². The van der Waals surface area contributed by atoms with Crippen LogP contribution in [-0.2, 0) is 17.5 Å². The lowest BCUT2D eigenvalue weighted by Gasteiger charge is -2.13. The van der Waals surface area contributed by atoms with E-state index in [2.05, 4.69) is 22.0 Å². The van der Waals surface area contributed by atoms with Crippen LogP contribution < -0.4 is 5.32 Å². The zero-order valence-corrected chi connectivity index (χ0v) is 15.6. The molecule has 1 N–H and O–H groups in total. The molecule has 0 fully saturated rings. The maximum absolute atomic E-state index is 14.1. The molecule has 0 saturated heterocycles. The van der Waals surface area contributed by atoms with E-state index in [0.29, 0.717) is 30.9 Å². The van der Waals surface area contributed by atoms with E-state index in [4.69, 9.17) is 0 Å². The number of fused-ring (bicyclic) bond motifs is 1. The summed E-state index contributed by atoms with van der Waals surface area (Å²) in [6.45, 7) is 3.98. The van der Waals surface area contributed by atoms with Crippen molar-refractivity contribution in [3.63, 3.8) is 0 Å². The summed E-state index contributed by atoms with van der Waals surface area (Å²) in [5.41, 5.74) is -0.935. The monoisotopic (exact) mass is 432 g/mol. The Balaban J connectivity index is 1.74. The Kier molecular flexibility index (Phi) is 6.18. The number of rotatable bonds is 7. The van der Waals surface area contributed by atoms with Gasteiger partial charge >= 0.3 is 6.18 Å². The van der Waals surface area contributed by atoms with Gasteiger partial charge in [0.25, 0.3) is 0 Å². The van der Waals surface area contributed by atoms with Crippen molar-refractivity contribution in [2.45, 2.75) is 50.9 Å². The van der Waals surface area contributed by atoms with Crippen LogP contribution in [0.1, 0.15) is 43.1 Å². The molecular weight excluding hydrogens is 414 g/mol. The van der Waals surface area contributed by atoms with Crippen molar-refractivity contribution in [2.24, 2.45) is 0 Å². The Bertz CT molecular complexity index is 953. The number of alkyl halides is 5. The van der Waals surface area contributed by atoms with Gasteiger partial charge in [-0.3, -0.25) is 9.48 Å². The minimum atomic E-state index is -4.73. The first-order chi connectivity index (χ1) is 14.1. The van der Waals surface area contributed by atoms with Gasteiger partial charge in [-0.15, -0.1) is 0 Å². The molecular formula is C19H18F6N4O. The van der Waals surface area contributed by atoms with Gasteiger partial charge in [0.2, 0.25) is 12.3 Å². The Morgan fingerprint density at radius 3 is 2.73 bits per heavy atom. The Morgan fingerprint density at radius 2 is 2.07 bits per heavy atom. The molecule has 1 unspecified atom stereocenters. The standard InChI is InChI=1S/C19H18F6N4O/c1-10(3-2-4-17(21)22)18(30)27-13-5-6-29-15(13)8-14(28-29)11-7-16(19(23,24)25)26-9-12(11)20/h7-9,13,17H,1-6H2,(H,27,30). The zero-order chi connectivity index (χ0) is 22.1. The summed E-state index contributed by atoms with van der Waals surface area (Å²) in [5.74, 6) is -1.45. The fourth-order valence-electron chi connectivity index (χ4n) is 3.20. The Labute approximate surface area is 167 Å². The number of nitrogens with zero attached hydrogens (tertiary/aromatic N) is 3. The summed E-state index contributed by atoms with van der Waals surface area (Å²) in [4.78, 5) is 15.3. The third-order valence-electron chi connectivity index (χ3n) is 4.75. The number of nitrogens with one attached hydrogen (secondary N) is 1. The number of pyridine rings is 1. The van der Waals surface area contributed by atoms with E-state index in [9.17, 15) is 31.1 Å². The van der Waals surface area contributed by atoms with Crippen LogP contribution in [0.2, 0.25) is 0 Å². The summed E-state index contributed by atoms with van der Waals surface area (Å²) in [6.07, 6.45) is -6.30. The van der Waals surface area contributed by atoms with Crippen LogP contribution in [-0.4, -0.2) is 27.1 Å². The normalized spacial score (nSPS) is 16.0. The summed E-state index contributed by atoms with van der Waals surface area (Å²) < 4.78 is 78.6. The van der Waals surface area contributed by atoms with Crippen molar-refractivity contribution >= 4 is 5.91 Å². The van der Waals surface area contributed by atoms with Crippen LogP contribution in [0, 0.1) is 5.82 Å². The molecule has 0 radical (unpaired) electrons. The Hall–Kier alpha value is -2.85. The summed E-state index contributed by atoms with van der Waals surface area (Å²) >= 11 is 0. The lowest BCUT2D eigenvalue weighted by Crippen LogP contribution is -2.28. The highest BCUT2D eigenvalue weighted by molar-refractivity contribution is 5.93. The van der Waals surface area contributed by atoms with E-state index in [1.165, 1.54) is 10.7 Å². The predicted molar refractivity (Wildman–Crippen MR) is 94.9 cm³/mol. The fourth-order valence-corrected chi connectivity index (χ4v) is 3.20. The van der Waals surface area contributed by atoms with Crippen molar-refractivity contribution in [1.29, 1.82) is 0 Å². The van der Waals surface area contributed by atoms with Crippen molar-refractivity contribution in [3.8, 4) is 11.3 Å². The lowest BCUT2D eigenvalue weighted by atomic mass is 10.1. The van der Waals surface area contributed by atoms with Crippen molar-refractivity contribution in [1.82, 2.24) is 20.1 Å². The van der Waals surface area contributed by atoms with Crippen LogP contribution in [0.4, 0.5) is 26.3 Å². The molecule has 2 aromatic heterocycles. The molecule has 0 aromatic carbocycles. The van der Waals surface area contributed by atoms with Gasteiger partial charge in [0, 0.05) is 24.1 Å². The lowest BCUT2D eigenvalue weighted by molar-refractivity contribution is -0.141. The van der Waals surface area contributed by atoms with Crippen molar-refractivity contribution in [2.75, 3.05) is 0 Å². The highest BCUT2D eigenvalue weighted by atomic mass is 19.4. The molecule has 2 aromatic rings. The topological polar surface area (TPSA) is 59.8 Å². The van der Waals surface area contributed by atoms with E-state index in [-0.39, 0.29) is 36.1 Å². The molecule has 3 heterocycles. The van der Waals surface area contributed by atoms with E-state index in [0.717, 1.165) is 0 Å². The highest BCUT2D eigenvalue weighted by Gasteiger charge is 2.34. The number of hydrogen-bond donors (Lipinski definition) is 1. The van der Waals surface area contributed by atoms with Crippen LogP contribution in [0.3, 0.4) is 0 Å². The van der Waals surface area contributed by atoms with Gasteiger partial charge in [-0.25, -0.2) is 18.2 Å². The fraction of sp³-hybridized carbons (Fsp3) is 0.421. The van der Waals surface area contributed by atoms with Gasteiger partial charge in [0.05, 0.1) is 23.6 Å². The summed E-state index contributed by atoms with van der Waals surface area (Å²) in [7, 11) is 0. The smallest absolute Gasteiger partial charge is 0.344 e. The van der Waals surface area contributed by atoms with Crippen molar-refractivity contribution < 1.29 is 31.1 Å². The van der Waals surface area contributed by atoms with Crippen molar-refractivity contribution in [3.05, 3.63) is 47.7 Å². The van der Waals surface area contributed by atoms with Gasteiger partial charge < -0.3 is 5.32 Å². The van der Waals surface area contributed by atoms with E-state index >= 15 is 0 Å². The highest BCUT2D eigenvalue weighted by Crippen LogP contribution is 2.34. The maximum Gasteiger partial charge on any atom is 0.433 e. The van der Waals surface area contributed by atoms with Crippen LogP contribution in [0.15, 0.2) is 30.5 Å². The predicted octanol–water partition coefficient (Wildman–Crippen LogP) is 4.66. The van der Waals surface area contributed by atoms with E-state index < -0.39 is 36.1 Å². The minimum Gasteiger partial charge on any atom is -0.344 e. The number of aromatic nitrogens is 3. The molecule has 0 bridgehead atoms. The number of carbonyl (C=O) groups excluding carboxylic acids is 1. The third kappa shape index (κ3) is 4.82. The first-order valence-corrected chi connectivity index (χ1v) is 9.14. The summed E-state index contributed by atoms with van der Waals surface area (Å²) in [5, 5.41) is 6.86. The SMILES string of the molecule is C=C(CCCC(F)F)C(=O)NC1CCn2nc(-c3cc(C(F)(F)F)ncc3F)cc21. The molecule has 0 saturated carbocycles. The number of hydrogen-bond acceptors (Lipinski definition) is 3. The second-order valence-electron chi connectivity index (χ2n) is 6.93. The minimum absolute atomic E-state index is 0.00916. The first kappa shape index (κ1) is 21.8. The first-order valence-electron chi connectivity index (χ1n) is 9.14. The average molecular weight is 432 g/mol. The summed E-state index contributed by atoms with van der Waals surface area (Å²) in [6, 6.07) is 1.50. The molecule has 162 valence electrons. The number of amides is 1. The van der Waals surface area contributed by atoms with Gasteiger partial charge in [-0.05, 0) is 31.4 Å². The van der Waals surface area contributed by atoms with E-state index in [1.807, 2.05) is 0 Å². The van der Waals surface area contributed by atoms with E-state index in [1.54, 1.807) is 0 Å². The second-order valence-corrected chi connectivity index (χ2v) is 6.93. The number of aryl methyl sites for hydroxylation is 1. The molecule has 30 heavy (non-hydrogen) atoms. The number of carbonyl (C=O) groups is 1. The molecule has 1 aliphatic rings. The van der Waals surface area contributed by atoms with Gasteiger partial charge in [-0.1, -0.05) is 6.58 Å². The molecule has 1 aliphatic heterocycles. The van der Waals surface area contributed by atoms with Gasteiger partial charge in [0.15, 0.2) is 5.82 Å². The second kappa shape index (κ2) is 8.49.